The van der Waals surface area contributed by atoms with Gasteiger partial charge in [-0.1, -0.05) is 25.4 Å². The average Bonchev–Trinajstić information content (AvgIpc) is 2.87. The van der Waals surface area contributed by atoms with Gasteiger partial charge in [-0.05, 0) is 18.1 Å². The minimum atomic E-state index is -3.48. The molecular weight excluding hydrogens is 332 g/mol. The van der Waals surface area contributed by atoms with E-state index < -0.39 is 10.0 Å². The molecule has 1 saturated heterocycles. The lowest BCUT2D eigenvalue weighted by Crippen LogP contribution is -2.51. The fraction of sp³-hybridized carbons (Fsp3) is 0.692. The molecule has 120 valence electrons. The van der Waals surface area contributed by atoms with Gasteiger partial charge in [0.05, 0.1) is 17.6 Å². The van der Waals surface area contributed by atoms with Crippen LogP contribution in [0.25, 0.3) is 0 Å². The number of rotatable bonds is 6. The van der Waals surface area contributed by atoms with Crippen LogP contribution >= 0.6 is 22.9 Å². The third-order valence-corrected chi connectivity index (χ3v) is 6.73. The third kappa shape index (κ3) is 4.64. The quantitative estimate of drug-likeness (QED) is 0.851. The number of halogens is 1. The average molecular weight is 353 g/mol. The van der Waals surface area contributed by atoms with Gasteiger partial charge in [0.15, 0.2) is 0 Å². The van der Waals surface area contributed by atoms with Crippen LogP contribution in [0.15, 0.2) is 16.3 Å². The van der Waals surface area contributed by atoms with Gasteiger partial charge in [-0.2, -0.15) is 0 Å². The van der Waals surface area contributed by atoms with Gasteiger partial charge in [0.1, 0.15) is 4.21 Å². The van der Waals surface area contributed by atoms with Crippen molar-refractivity contribution in [2.75, 3.05) is 32.8 Å². The van der Waals surface area contributed by atoms with E-state index in [1.54, 1.807) is 6.07 Å². The highest BCUT2D eigenvalue weighted by atomic mass is 35.5. The van der Waals surface area contributed by atoms with Crippen LogP contribution in [-0.4, -0.2) is 52.2 Å². The zero-order valence-electron chi connectivity index (χ0n) is 12.2. The summed E-state index contributed by atoms with van der Waals surface area (Å²) in [5.41, 5.74) is 0. The second kappa shape index (κ2) is 7.39. The van der Waals surface area contributed by atoms with Gasteiger partial charge < -0.3 is 4.74 Å². The Morgan fingerprint density at radius 1 is 1.38 bits per heavy atom. The number of sulfonamides is 1. The molecule has 1 unspecified atom stereocenters. The molecule has 0 amide bonds. The molecule has 2 heterocycles. The molecule has 2 rings (SSSR count). The first-order chi connectivity index (χ1) is 9.90. The summed E-state index contributed by atoms with van der Waals surface area (Å²) < 4.78 is 33.3. The lowest BCUT2D eigenvalue weighted by atomic mass is 10.0. The molecule has 0 aromatic carbocycles. The molecule has 0 bridgehead atoms. The molecule has 1 aromatic rings. The first-order valence-corrected chi connectivity index (χ1v) is 9.64. The first kappa shape index (κ1) is 17.2. The molecule has 1 atom stereocenters. The molecule has 1 fully saturated rings. The van der Waals surface area contributed by atoms with Gasteiger partial charge in [0.2, 0.25) is 10.0 Å². The Labute approximate surface area is 135 Å². The summed E-state index contributed by atoms with van der Waals surface area (Å²) in [5.74, 6) is 0.359. The number of nitrogens with zero attached hydrogens (tertiary/aromatic N) is 1. The molecule has 0 spiro atoms. The van der Waals surface area contributed by atoms with Crippen LogP contribution in [0.2, 0.25) is 4.34 Å². The fourth-order valence-electron chi connectivity index (χ4n) is 2.40. The van der Waals surface area contributed by atoms with Gasteiger partial charge in [-0.15, -0.1) is 11.3 Å². The second-order valence-electron chi connectivity index (χ2n) is 5.37. The van der Waals surface area contributed by atoms with E-state index in [0.29, 0.717) is 30.0 Å². The van der Waals surface area contributed by atoms with Crippen LogP contribution in [0.1, 0.15) is 13.8 Å². The number of ether oxygens (including phenoxy) is 1. The Bertz CT molecular complexity index is 554. The van der Waals surface area contributed by atoms with E-state index in [1.165, 1.54) is 6.07 Å². The van der Waals surface area contributed by atoms with Crippen LogP contribution < -0.4 is 4.72 Å². The van der Waals surface area contributed by atoms with Gasteiger partial charge >= 0.3 is 0 Å². The monoisotopic (exact) mass is 352 g/mol. The van der Waals surface area contributed by atoms with Gasteiger partial charge in [0, 0.05) is 25.7 Å². The number of thiophene rings is 1. The number of hydrogen-bond acceptors (Lipinski definition) is 5. The van der Waals surface area contributed by atoms with Crippen molar-refractivity contribution < 1.29 is 13.2 Å². The van der Waals surface area contributed by atoms with E-state index in [1.807, 2.05) is 0 Å². The van der Waals surface area contributed by atoms with Gasteiger partial charge in [-0.3, -0.25) is 4.90 Å². The maximum atomic E-state index is 12.3. The Hall–Kier alpha value is -0.180. The lowest BCUT2D eigenvalue weighted by molar-refractivity contribution is 0.00776. The Balaban J connectivity index is 2.01. The van der Waals surface area contributed by atoms with Crippen LogP contribution in [0, 0.1) is 5.92 Å². The fourth-order valence-corrected chi connectivity index (χ4v) is 4.98. The maximum absolute atomic E-state index is 12.3. The van der Waals surface area contributed by atoms with Crippen LogP contribution in [0.5, 0.6) is 0 Å². The van der Waals surface area contributed by atoms with Gasteiger partial charge in [-0.25, -0.2) is 13.1 Å². The zero-order chi connectivity index (χ0) is 15.5. The summed E-state index contributed by atoms with van der Waals surface area (Å²) in [6, 6.07) is 3.30. The molecule has 1 N–H and O–H groups in total. The highest BCUT2D eigenvalue weighted by molar-refractivity contribution is 7.91. The molecule has 5 nitrogen and oxygen atoms in total. The normalized spacial score (nSPS) is 19.0. The summed E-state index contributed by atoms with van der Waals surface area (Å²) in [5, 5.41) is 0. The molecule has 1 aliphatic rings. The topological polar surface area (TPSA) is 58.6 Å². The van der Waals surface area contributed by atoms with E-state index >= 15 is 0 Å². The van der Waals surface area contributed by atoms with Crippen LogP contribution in [0.3, 0.4) is 0 Å². The maximum Gasteiger partial charge on any atom is 0.250 e. The van der Waals surface area contributed by atoms with Crippen molar-refractivity contribution in [3.8, 4) is 0 Å². The molecule has 0 saturated carbocycles. The standard InChI is InChI=1S/C13H21ClN2O3S2/c1-10(2)11(16-5-7-19-8-6-16)9-15-21(17,18)13-4-3-12(14)20-13/h3-4,10-11,15H,5-9H2,1-2H3. The Morgan fingerprint density at radius 3 is 2.57 bits per heavy atom. The highest BCUT2D eigenvalue weighted by Crippen LogP contribution is 2.25. The van der Waals surface area contributed by atoms with E-state index in [2.05, 4.69) is 23.5 Å². The first-order valence-electron chi connectivity index (χ1n) is 6.97. The minimum Gasteiger partial charge on any atom is -0.379 e. The van der Waals surface area contributed by atoms with Crippen molar-refractivity contribution in [1.29, 1.82) is 0 Å². The van der Waals surface area contributed by atoms with Crippen molar-refractivity contribution in [3.63, 3.8) is 0 Å². The number of morpholine rings is 1. The van der Waals surface area contributed by atoms with Gasteiger partial charge in [0.25, 0.3) is 0 Å². The largest absolute Gasteiger partial charge is 0.379 e. The van der Waals surface area contributed by atoms with E-state index in [-0.39, 0.29) is 10.3 Å². The molecule has 1 aliphatic heterocycles. The predicted octanol–water partition coefficient (Wildman–Crippen LogP) is 2.04. The molecule has 0 radical (unpaired) electrons. The number of nitrogens with one attached hydrogen (secondary N) is 1. The molecule has 21 heavy (non-hydrogen) atoms. The van der Waals surface area contributed by atoms with E-state index in [9.17, 15) is 8.42 Å². The van der Waals surface area contributed by atoms with Crippen molar-refractivity contribution in [1.82, 2.24) is 9.62 Å². The third-order valence-electron chi connectivity index (χ3n) is 3.58. The summed E-state index contributed by atoms with van der Waals surface area (Å²) in [4.78, 5) is 2.29. The smallest absolute Gasteiger partial charge is 0.250 e. The van der Waals surface area contributed by atoms with Crippen molar-refractivity contribution >= 4 is 33.0 Å². The highest BCUT2D eigenvalue weighted by Gasteiger charge is 2.26. The van der Waals surface area contributed by atoms with E-state index in [4.69, 9.17) is 16.3 Å². The Kier molecular flexibility index (Phi) is 6.05. The van der Waals surface area contributed by atoms with Crippen molar-refractivity contribution in [2.24, 2.45) is 5.92 Å². The summed E-state index contributed by atoms with van der Waals surface area (Å²) >= 11 is 6.88. The summed E-state index contributed by atoms with van der Waals surface area (Å²) in [6.07, 6.45) is 0. The van der Waals surface area contributed by atoms with Crippen molar-refractivity contribution in [2.45, 2.75) is 24.1 Å². The van der Waals surface area contributed by atoms with E-state index in [0.717, 1.165) is 24.4 Å². The zero-order valence-corrected chi connectivity index (χ0v) is 14.6. The number of hydrogen-bond donors (Lipinski definition) is 1. The molecule has 1 aromatic heterocycles. The summed E-state index contributed by atoms with van der Waals surface area (Å²) in [6.45, 7) is 7.71. The molecular formula is C13H21ClN2O3S2. The Morgan fingerprint density at radius 2 is 2.05 bits per heavy atom. The predicted molar refractivity (Wildman–Crippen MR) is 85.5 cm³/mol. The minimum absolute atomic E-state index is 0.166. The summed E-state index contributed by atoms with van der Waals surface area (Å²) in [7, 11) is -3.48. The second-order valence-corrected chi connectivity index (χ2v) is 9.08. The van der Waals surface area contributed by atoms with Crippen LogP contribution in [0.4, 0.5) is 0 Å². The molecule has 0 aliphatic carbocycles. The SMILES string of the molecule is CC(C)C(CNS(=O)(=O)c1ccc(Cl)s1)N1CCOCC1. The van der Waals surface area contributed by atoms with Crippen LogP contribution in [-0.2, 0) is 14.8 Å². The molecule has 8 heteroatoms. The van der Waals surface area contributed by atoms with Crippen molar-refractivity contribution in [3.05, 3.63) is 16.5 Å². The lowest BCUT2D eigenvalue weighted by Gasteiger charge is -2.36.